The maximum atomic E-state index is 13.2. The number of nitrogens with one attached hydrogen (secondary N) is 1. The number of hydrogen-bond donors (Lipinski definition) is 2. The van der Waals surface area contributed by atoms with Crippen LogP contribution in [0.5, 0.6) is 0 Å². The highest BCUT2D eigenvalue weighted by atomic mass is 35.5. The van der Waals surface area contributed by atoms with Crippen LogP contribution in [0.2, 0.25) is 5.02 Å². The van der Waals surface area contributed by atoms with Crippen LogP contribution in [0, 0.1) is 5.82 Å². The van der Waals surface area contributed by atoms with Crippen LogP contribution in [0.25, 0.3) is 0 Å². The van der Waals surface area contributed by atoms with Crippen molar-refractivity contribution in [3.05, 3.63) is 34.6 Å². The molecule has 0 aliphatic rings. The zero-order chi connectivity index (χ0) is 11.3. The maximum Gasteiger partial charge on any atom is 0.218 e. The van der Waals surface area contributed by atoms with E-state index in [4.69, 9.17) is 17.3 Å². The van der Waals surface area contributed by atoms with Crippen molar-refractivity contribution in [3.8, 4) is 0 Å². The summed E-state index contributed by atoms with van der Waals surface area (Å²) in [4.78, 5) is 10.4. The molecule has 82 valence electrons. The fourth-order valence-corrected chi connectivity index (χ4v) is 1.36. The lowest BCUT2D eigenvalue weighted by atomic mass is 10.2. The van der Waals surface area contributed by atoms with E-state index in [-0.39, 0.29) is 18.1 Å². The van der Waals surface area contributed by atoms with Crippen molar-refractivity contribution in [1.82, 2.24) is 5.32 Å². The Balaban J connectivity index is 2.47. The number of nitrogens with two attached hydrogens (primary N) is 1. The van der Waals surface area contributed by atoms with Gasteiger partial charge in [0.1, 0.15) is 5.82 Å². The Morgan fingerprint density at radius 1 is 1.53 bits per heavy atom. The zero-order valence-electron chi connectivity index (χ0n) is 8.09. The number of hydrogen-bond acceptors (Lipinski definition) is 2. The Morgan fingerprint density at radius 3 is 2.87 bits per heavy atom. The molecule has 0 saturated carbocycles. The molecule has 0 aromatic heterocycles. The number of primary amides is 1. The van der Waals surface area contributed by atoms with Gasteiger partial charge in [-0.15, -0.1) is 0 Å². The average Bonchev–Trinajstić information content (AvgIpc) is 2.15. The van der Waals surface area contributed by atoms with Crippen molar-refractivity contribution in [2.75, 3.05) is 6.54 Å². The number of rotatable bonds is 5. The molecule has 0 saturated heterocycles. The van der Waals surface area contributed by atoms with Gasteiger partial charge < -0.3 is 11.1 Å². The quantitative estimate of drug-likeness (QED) is 0.753. The number of halogens is 2. The van der Waals surface area contributed by atoms with Gasteiger partial charge in [-0.3, -0.25) is 4.79 Å². The topological polar surface area (TPSA) is 55.1 Å². The van der Waals surface area contributed by atoms with Crippen molar-refractivity contribution in [2.24, 2.45) is 5.73 Å². The summed E-state index contributed by atoms with van der Waals surface area (Å²) >= 11 is 5.80. The maximum absolute atomic E-state index is 13.2. The number of benzene rings is 1. The second-order valence-corrected chi connectivity index (χ2v) is 3.50. The first-order valence-corrected chi connectivity index (χ1v) is 4.91. The molecule has 15 heavy (non-hydrogen) atoms. The molecule has 0 fully saturated rings. The molecular formula is C10H12ClFN2O. The summed E-state index contributed by atoms with van der Waals surface area (Å²) in [6.07, 6.45) is 0.228. The molecule has 1 amide bonds. The fourth-order valence-electron chi connectivity index (χ4n) is 1.13. The van der Waals surface area contributed by atoms with Crippen molar-refractivity contribution in [2.45, 2.75) is 13.0 Å². The van der Waals surface area contributed by atoms with Crippen LogP contribution in [-0.2, 0) is 11.3 Å². The summed E-state index contributed by atoms with van der Waals surface area (Å²) in [6, 6.07) is 4.51. The Hall–Kier alpha value is -1.13. The van der Waals surface area contributed by atoms with E-state index in [1.165, 1.54) is 6.07 Å². The Morgan fingerprint density at radius 2 is 2.27 bits per heavy atom. The van der Waals surface area contributed by atoms with E-state index < -0.39 is 0 Å². The predicted octanol–water partition coefficient (Wildman–Crippen LogP) is 1.44. The first-order valence-electron chi connectivity index (χ1n) is 4.53. The van der Waals surface area contributed by atoms with Gasteiger partial charge in [0.05, 0.1) is 0 Å². The van der Waals surface area contributed by atoms with E-state index in [1.807, 2.05) is 0 Å². The second-order valence-electron chi connectivity index (χ2n) is 3.09. The van der Waals surface area contributed by atoms with Crippen LogP contribution in [0.1, 0.15) is 12.0 Å². The summed E-state index contributed by atoms with van der Waals surface area (Å²) < 4.78 is 13.2. The van der Waals surface area contributed by atoms with Crippen LogP contribution < -0.4 is 11.1 Å². The molecule has 3 N–H and O–H groups in total. The van der Waals surface area contributed by atoms with Crippen LogP contribution in [0.15, 0.2) is 18.2 Å². The third kappa shape index (κ3) is 3.85. The molecule has 0 atom stereocenters. The van der Waals surface area contributed by atoms with E-state index in [9.17, 15) is 9.18 Å². The van der Waals surface area contributed by atoms with E-state index in [1.54, 1.807) is 12.1 Å². The van der Waals surface area contributed by atoms with Crippen molar-refractivity contribution in [1.29, 1.82) is 0 Å². The Labute approximate surface area is 92.4 Å². The minimum absolute atomic E-state index is 0.228. The molecule has 1 rings (SSSR count). The van der Waals surface area contributed by atoms with Gasteiger partial charge in [-0.25, -0.2) is 4.39 Å². The number of carbonyl (C=O) groups is 1. The molecule has 0 radical (unpaired) electrons. The number of amides is 1. The van der Waals surface area contributed by atoms with Gasteiger partial charge in [-0.2, -0.15) is 0 Å². The molecule has 0 aliphatic heterocycles. The molecule has 0 bridgehead atoms. The molecule has 0 heterocycles. The predicted molar refractivity (Wildman–Crippen MR) is 56.9 cm³/mol. The standard InChI is InChI=1S/C10H12ClFN2O/c11-8-2-1-3-9(12)7(8)6-14-5-4-10(13)15/h1-3,14H,4-6H2,(H2,13,15). The SMILES string of the molecule is NC(=O)CCNCc1c(F)cccc1Cl. The first kappa shape index (κ1) is 11.9. The largest absolute Gasteiger partial charge is 0.370 e. The lowest BCUT2D eigenvalue weighted by Gasteiger charge is -2.06. The number of carbonyl (C=O) groups excluding carboxylic acids is 1. The smallest absolute Gasteiger partial charge is 0.218 e. The second kappa shape index (κ2) is 5.68. The minimum Gasteiger partial charge on any atom is -0.370 e. The fraction of sp³-hybridized carbons (Fsp3) is 0.300. The lowest BCUT2D eigenvalue weighted by Crippen LogP contribution is -2.22. The third-order valence-corrected chi connectivity index (χ3v) is 2.27. The van der Waals surface area contributed by atoms with Gasteiger partial charge in [-0.1, -0.05) is 17.7 Å². The van der Waals surface area contributed by atoms with Crippen molar-refractivity contribution in [3.63, 3.8) is 0 Å². The van der Waals surface area contributed by atoms with Crippen LogP contribution in [-0.4, -0.2) is 12.5 Å². The van der Waals surface area contributed by atoms with Gasteiger partial charge in [0, 0.05) is 30.1 Å². The molecule has 0 spiro atoms. The molecule has 3 nitrogen and oxygen atoms in total. The molecule has 5 heteroatoms. The van der Waals surface area contributed by atoms with Crippen molar-refractivity contribution < 1.29 is 9.18 Å². The summed E-state index contributed by atoms with van der Waals surface area (Å²) in [5.74, 6) is -0.740. The third-order valence-electron chi connectivity index (χ3n) is 1.91. The molecule has 1 aromatic rings. The van der Waals surface area contributed by atoms with E-state index in [0.29, 0.717) is 23.7 Å². The van der Waals surface area contributed by atoms with Gasteiger partial charge in [0.2, 0.25) is 5.91 Å². The Kier molecular flexibility index (Phi) is 4.52. The van der Waals surface area contributed by atoms with Crippen LogP contribution in [0.4, 0.5) is 4.39 Å². The van der Waals surface area contributed by atoms with Crippen LogP contribution >= 0.6 is 11.6 Å². The normalized spacial score (nSPS) is 10.3. The van der Waals surface area contributed by atoms with Gasteiger partial charge in [0.25, 0.3) is 0 Å². The molecule has 1 aromatic carbocycles. The highest BCUT2D eigenvalue weighted by molar-refractivity contribution is 6.31. The van der Waals surface area contributed by atoms with Crippen molar-refractivity contribution >= 4 is 17.5 Å². The van der Waals surface area contributed by atoms with Gasteiger partial charge in [-0.05, 0) is 12.1 Å². The highest BCUT2D eigenvalue weighted by Crippen LogP contribution is 2.18. The van der Waals surface area contributed by atoms with E-state index in [2.05, 4.69) is 5.32 Å². The first-order chi connectivity index (χ1) is 7.11. The minimum atomic E-state index is -0.387. The Bertz CT molecular complexity index is 337. The van der Waals surface area contributed by atoms with Gasteiger partial charge >= 0.3 is 0 Å². The summed E-state index contributed by atoms with van der Waals surface area (Å²) in [5, 5.41) is 3.27. The molecular weight excluding hydrogens is 219 g/mol. The van der Waals surface area contributed by atoms with Crippen LogP contribution in [0.3, 0.4) is 0 Å². The summed E-state index contributed by atoms with van der Waals surface area (Å²) in [5.41, 5.74) is 5.36. The molecule has 0 unspecified atom stereocenters. The van der Waals surface area contributed by atoms with Gasteiger partial charge in [0.15, 0.2) is 0 Å². The monoisotopic (exact) mass is 230 g/mol. The lowest BCUT2D eigenvalue weighted by molar-refractivity contribution is -0.117. The zero-order valence-corrected chi connectivity index (χ0v) is 8.85. The van der Waals surface area contributed by atoms with E-state index >= 15 is 0 Å². The highest BCUT2D eigenvalue weighted by Gasteiger charge is 2.05. The summed E-state index contributed by atoms with van der Waals surface area (Å²) in [6.45, 7) is 0.707. The average molecular weight is 231 g/mol. The summed E-state index contributed by atoms with van der Waals surface area (Å²) in [7, 11) is 0. The molecule has 0 aliphatic carbocycles. The van der Waals surface area contributed by atoms with E-state index in [0.717, 1.165) is 0 Å².